The van der Waals surface area contributed by atoms with Gasteiger partial charge in [-0.2, -0.15) is 13.2 Å². The Morgan fingerprint density at radius 2 is 1.60 bits per heavy atom. The van der Waals surface area contributed by atoms with E-state index in [1.165, 1.54) is 12.1 Å². The van der Waals surface area contributed by atoms with Crippen molar-refractivity contribution in [3.05, 3.63) is 35.4 Å². The summed E-state index contributed by atoms with van der Waals surface area (Å²) in [6.45, 7) is 2.95. The first kappa shape index (κ1) is 12.0. The van der Waals surface area contributed by atoms with Crippen LogP contribution in [0.3, 0.4) is 0 Å². The quantitative estimate of drug-likeness (QED) is 0.809. The fourth-order valence-corrected chi connectivity index (χ4v) is 1.51. The third kappa shape index (κ3) is 2.96. The van der Waals surface area contributed by atoms with Gasteiger partial charge in [-0.15, -0.1) is 0 Å². The fourth-order valence-electron chi connectivity index (χ4n) is 1.51. The summed E-state index contributed by atoms with van der Waals surface area (Å²) in [5.74, 6) is -1.81. The summed E-state index contributed by atoms with van der Waals surface area (Å²) in [5.41, 5.74) is 0.994. The van der Waals surface area contributed by atoms with Gasteiger partial charge in [-0.3, -0.25) is 0 Å². The molecule has 1 N–H and O–H groups in total. The SMILES string of the molecule is Cc1ccc(C(C(C)O)C(F)(F)F)cc1. The van der Waals surface area contributed by atoms with Crippen molar-refractivity contribution in [1.29, 1.82) is 0 Å². The molecule has 0 aliphatic heterocycles. The number of benzene rings is 1. The highest BCUT2D eigenvalue weighted by molar-refractivity contribution is 5.26. The summed E-state index contributed by atoms with van der Waals surface area (Å²) in [5, 5.41) is 9.15. The Balaban J connectivity index is 3.05. The fraction of sp³-hybridized carbons (Fsp3) is 0.455. The van der Waals surface area contributed by atoms with E-state index in [2.05, 4.69) is 0 Å². The first-order valence-electron chi connectivity index (χ1n) is 4.63. The third-order valence-electron chi connectivity index (χ3n) is 2.27. The number of alkyl halides is 3. The van der Waals surface area contributed by atoms with Crippen LogP contribution in [0.4, 0.5) is 13.2 Å². The van der Waals surface area contributed by atoms with E-state index in [4.69, 9.17) is 5.11 Å². The second kappa shape index (κ2) is 4.23. The molecule has 0 fully saturated rings. The zero-order valence-corrected chi connectivity index (χ0v) is 8.55. The zero-order chi connectivity index (χ0) is 11.6. The summed E-state index contributed by atoms with van der Waals surface area (Å²) >= 11 is 0. The van der Waals surface area contributed by atoms with E-state index in [0.29, 0.717) is 0 Å². The minimum absolute atomic E-state index is 0.100. The first-order valence-corrected chi connectivity index (χ1v) is 4.63. The molecule has 0 spiro atoms. The number of rotatable bonds is 2. The lowest BCUT2D eigenvalue weighted by Crippen LogP contribution is -2.30. The molecule has 0 saturated carbocycles. The maximum atomic E-state index is 12.6. The minimum Gasteiger partial charge on any atom is -0.392 e. The van der Waals surface area contributed by atoms with Gasteiger partial charge >= 0.3 is 6.18 Å². The van der Waals surface area contributed by atoms with Crippen LogP contribution in [0.2, 0.25) is 0 Å². The van der Waals surface area contributed by atoms with Crippen LogP contribution in [0.25, 0.3) is 0 Å². The van der Waals surface area contributed by atoms with Crippen molar-refractivity contribution in [2.75, 3.05) is 0 Å². The molecule has 4 heteroatoms. The molecule has 0 radical (unpaired) electrons. The highest BCUT2D eigenvalue weighted by Crippen LogP contribution is 2.37. The maximum Gasteiger partial charge on any atom is 0.398 e. The molecule has 2 atom stereocenters. The average Bonchev–Trinajstić information content (AvgIpc) is 2.05. The number of hydrogen-bond acceptors (Lipinski definition) is 1. The van der Waals surface area contributed by atoms with E-state index in [9.17, 15) is 13.2 Å². The van der Waals surface area contributed by atoms with Gasteiger partial charge in [0.05, 0.1) is 6.10 Å². The van der Waals surface area contributed by atoms with Crippen molar-refractivity contribution in [2.24, 2.45) is 0 Å². The van der Waals surface area contributed by atoms with Crippen LogP contribution in [0, 0.1) is 6.92 Å². The van der Waals surface area contributed by atoms with E-state index in [0.717, 1.165) is 12.5 Å². The van der Waals surface area contributed by atoms with E-state index in [1.807, 2.05) is 0 Å². The number of halogens is 3. The molecule has 1 aromatic carbocycles. The lowest BCUT2D eigenvalue weighted by molar-refractivity contribution is -0.170. The highest BCUT2D eigenvalue weighted by atomic mass is 19.4. The van der Waals surface area contributed by atoms with E-state index in [1.54, 1.807) is 19.1 Å². The lowest BCUT2D eigenvalue weighted by Gasteiger charge is -2.23. The van der Waals surface area contributed by atoms with Gasteiger partial charge in [-0.05, 0) is 19.4 Å². The average molecular weight is 218 g/mol. The maximum absolute atomic E-state index is 12.6. The van der Waals surface area contributed by atoms with Crippen LogP contribution >= 0.6 is 0 Å². The third-order valence-corrected chi connectivity index (χ3v) is 2.27. The second-order valence-electron chi connectivity index (χ2n) is 3.67. The van der Waals surface area contributed by atoms with Gasteiger partial charge in [0, 0.05) is 0 Å². The second-order valence-corrected chi connectivity index (χ2v) is 3.67. The van der Waals surface area contributed by atoms with E-state index in [-0.39, 0.29) is 5.56 Å². The van der Waals surface area contributed by atoms with Crippen LogP contribution in [0.5, 0.6) is 0 Å². The van der Waals surface area contributed by atoms with Crippen molar-refractivity contribution in [3.63, 3.8) is 0 Å². The molecule has 1 aromatic rings. The summed E-state index contributed by atoms with van der Waals surface area (Å²) < 4.78 is 37.8. The largest absolute Gasteiger partial charge is 0.398 e. The van der Waals surface area contributed by atoms with E-state index >= 15 is 0 Å². The first-order chi connectivity index (χ1) is 6.82. The number of hydrogen-bond donors (Lipinski definition) is 1. The lowest BCUT2D eigenvalue weighted by atomic mass is 9.93. The van der Waals surface area contributed by atoms with Gasteiger partial charge in [0.2, 0.25) is 0 Å². The standard InChI is InChI=1S/C11H13F3O/c1-7-3-5-9(6-4-7)10(8(2)15)11(12,13)14/h3-6,8,10,15H,1-2H3. The minimum atomic E-state index is -4.41. The summed E-state index contributed by atoms with van der Waals surface area (Å²) in [6.07, 6.45) is -5.85. The molecular formula is C11H13F3O. The molecule has 84 valence electrons. The number of aliphatic hydroxyl groups excluding tert-OH is 1. The Bertz CT molecular complexity index is 314. The summed E-state index contributed by atoms with van der Waals surface area (Å²) in [7, 11) is 0. The van der Waals surface area contributed by atoms with Gasteiger partial charge in [0.1, 0.15) is 5.92 Å². The normalized spacial score (nSPS) is 16.1. The smallest absolute Gasteiger partial charge is 0.392 e. The van der Waals surface area contributed by atoms with Gasteiger partial charge < -0.3 is 5.11 Å². The molecule has 1 rings (SSSR count). The summed E-state index contributed by atoms with van der Waals surface area (Å²) in [4.78, 5) is 0. The van der Waals surface area contributed by atoms with Crippen LogP contribution in [0.15, 0.2) is 24.3 Å². The van der Waals surface area contributed by atoms with Gasteiger partial charge in [-0.25, -0.2) is 0 Å². The molecule has 0 aromatic heterocycles. The topological polar surface area (TPSA) is 20.2 Å². The molecular weight excluding hydrogens is 205 g/mol. The van der Waals surface area contributed by atoms with Gasteiger partial charge in [0.25, 0.3) is 0 Å². The predicted octanol–water partition coefficient (Wildman–Crippen LogP) is 3.02. The van der Waals surface area contributed by atoms with Crippen molar-refractivity contribution < 1.29 is 18.3 Å². The predicted molar refractivity (Wildman–Crippen MR) is 51.7 cm³/mol. The molecule has 0 amide bonds. The van der Waals surface area contributed by atoms with Gasteiger partial charge in [0.15, 0.2) is 0 Å². The Hall–Kier alpha value is -1.03. The Labute approximate surface area is 86.5 Å². The van der Waals surface area contributed by atoms with Crippen LogP contribution in [0.1, 0.15) is 24.0 Å². The van der Waals surface area contributed by atoms with Crippen molar-refractivity contribution in [3.8, 4) is 0 Å². The molecule has 15 heavy (non-hydrogen) atoms. The highest BCUT2D eigenvalue weighted by Gasteiger charge is 2.43. The summed E-state index contributed by atoms with van der Waals surface area (Å²) in [6, 6.07) is 6.02. The Kier molecular flexibility index (Phi) is 3.39. The molecule has 0 saturated heterocycles. The van der Waals surface area contributed by atoms with Crippen molar-refractivity contribution >= 4 is 0 Å². The van der Waals surface area contributed by atoms with Gasteiger partial charge in [-0.1, -0.05) is 29.8 Å². The van der Waals surface area contributed by atoms with Crippen molar-refractivity contribution in [2.45, 2.75) is 32.0 Å². The zero-order valence-electron chi connectivity index (χ0n) is 8.55. The molecule has 1 nitrogen and oxygen atoms in total. The van der Waals surface area contributed by atoms with Crippen LogP contribution in [-0.2, 0) is 0 Å². The molecule has 0 aliphatic rings. The van der Waals surface area contributed by atoms with Crippen LogP contribution < -0.4 is 0 Å². The number of aliphatic hydroxyl groups is 1. The molecule has 0 aliphatic carbocycles. The molecule has 0 heterocycles. The Morgan fingerprint density at radius 3 is 1.93 bits per heavy atom. The van der Waals surface area contributed by atoms with E-state index < -0.39 is 18.2 Å². The monoisotopic (exact) mass is 218 g/mol. The molecule has 2 unspecified atom stereocenters. The number of aryl methyl sites for hydroxylation is 1. The van der Waals surface area contributed by atoms with Crippen LogP contribution in [-0.4, -0.2) is 17.4 Å². The Morgan fingerprint density at radius 1 is 1.13 bits per heavy atom. The van der Waals surface area contributed by atoms with Crippen molar-refractivity contribution in [1.82, 2.24) is 0 Å². The molecule has 0 bridgehead atoms.